The Morgan fingerprint density at radius 1 is 0.571 bits per heavy atom. The predicted molar refractivity (Wildman–Crippen MR) is 196 cm³/mol. The fourth-order valence-corrected chi connectivity index (χ4v) is 8.88. The van der Waals surface area contributed by atoms with Gasteiger partial charge in [-0.25, -0.2) is 0 Å². The molecule has 0 aliphatic rings. The number of fused-ring (bicyclic) bond motifs is 4. The first-order valence-corrected chi connectivity index (χ1v) is 19.3. The van der Waals surface area contributed by atoms with Gasteiger partial charge in [0.2, 0.25) is 0 Å². The summed E-state index contributed by atoms with van der Waals surface area (Å²) >= 11 is 4.00. The van der Waals surface area contributed by atoms with Gasteiger partial charge in [-0.1, -0.05) is 128 Å². The van der Waals surface area contributed by atoms with E-state index in [0.717, 1.165) is 0 Å². The fourth-order valence-electron chi connectivity index (χ4n) is 6.47. The number of hydrogen-bond acceptors (Lipinski definition) is 2. The van der Waals surface area contributed by atoms with E-state index < -0.39 is 0 Å². The third-order valence-corrected chi connectivity index (χ3v) is 11.4. The van der Waals surface area contributed by atoms with Crippen LogP contribution in [-0.2, 0) is 6.42 Å². The van der Waals surface area contributed by atoms with E-state index in [4.69, 9.17) is 0 Å². The third kappa shape index (κ3) is 10.2. The number of rotatable bonds is 21. The smallest absolute Gasteiger partial charge is 0.0369 e. The lowest BCUT2D eigenvalue weighted by molar-refractivity contribution is 0.564. The van der Waals surface area contributed by atoms with E-state index in [0.29, 0.717) is 0 Å². The molecule has 0 bridgehead atoms. The van der Waals surface area contributed by atoms with Crippen molar-refractivity contribution in [1.29, 1.82) is 0 Å². The summed E-state index contributed by atoms with van der Waals surface area (Å²) in [6, 6.07) is 12.3. The molecule has 0 aliphatic carbocycles. The van der Waals surface area contributed by atoms with Crippen molar-refractivity contribution in [3.05, 3.63) is 51.9 Å². The molecule has 230 valence electrons. The number of hydrogen-bond donors (Lipinski definition) is 0. The van der Waals surface area contributed by atoms with Crippen molar-refractivity contribution in [2.45, 2.75) is 156 Å². The molecule has 0 nitrogen and oxygen atoms in total. The number of benzene rings is 2. The van der Waals surface area contributed by atoms with Gasteiger partial charge in [-0.3, -0.25) is 0 Å². The molecule has 2 heteroatoms. The molecule has 0 spiro atoms. The molecule has 0 amide bonds. The van der Waals surface area contributed by atoms with Gasteiger partial charge >= 0.3 is 0 Å². The van der Waals surface area contributed by atoms with Gasteiger partial charge in [0.15, 0.2) is 0 Å². The van der Waals surface area contributed by atoms with Gasteiger partial charge in [-0.05, 0) is 86.4 Å². The topological polar surface area (TPSA) is 0 Å². The van der Waals surface area contributed by atoms with Gasteiger partial charge in [-0.15, -0.1) is 22.7 Å². The predicted octanol–water partition coefficient (Wildman–Crippen LogP) is 15.0. The Bertz CT molecular complexity index is 1380. The van der Waals surface area contributed by atoms with Crippen molar-refractivity contribution < 1.29 is 0 Å². The first kappa shape index (κ1) is 33.3. The molecule has 0 N–H and O–H groups in total. The Morgan fingerprint density at radius 2 is 1.12 bits per heavy atom. The van der Waals surface area contributed by atoms with E-state index in [9.17, 15) is 0 Å². The van der Waals surface area contributed by atoms with Crippen molar-refractivity contribution in [2.75, 3.05) is 0 Å². The van der Waals surface area contributed by atoms with E-state index >= 15 is 0 Å². The van der Waals surface area contributed by atoms with E-state index in [2.05, 4.69) is 64.1 Å². The lowest BCUT2D eigenvalue weighted by atomic mass is 9.99. The highest BCUT2D eigenvalue weighted by Gasteiger charge is 2.11. The minimum Gasteiger partial charge on any atom is -0.140 e. The molecule has 2 aromatic heterocycles. The molecule has 2 aromatic carbocycles. The molecule has 42 heavy (non-hydrogen) atoms. The molecule has 0 saturated carbocycles. The molecule has 2 heterocycles. The van der Waals surface area contributed by atoms with Crippen molar-refractivity contribution in [3.8, 4) is 0 Å². The summed E-state index contributed by atoms with van der Waals surface area (Å²) in [5, 5.41) is 4.33. The van der Waals surface area contributed by atoms with Crippen molar-refractivity contribution in [3.63, 3.8) is 0 Å². The van der Waals surface area contributed by atoms with Gasteiger partial charge in [-0.2, -0.15) is 0 Å². The molecule has 0 fully saturated rings. The van der Waals surface area contributed by atoms with Gasteiger partial charge in [0.1, 0.15) is 0 Å². The van der Waals surface area contributed by atoms with Gasteiger partial charge in [0, 0.05) is 29.7 Å². The summed E-state index contributed by atoms with van der Waals surface area (Å²) < 4.78 is 4.35. The van der Waals surface area contributed by atoms with Crippen LogP contribution in [0.5, 0.6) is 0 Å². The molecular weight excluding hydrogens is 545 g/mol. The van der Waals surface area contributed by atoms with Crippen LogP contribution in [0, 0.1) is 6.92 Å². The minimum absolute atomic E-state index is 1.23. The van der Waals surface area contributed by atoms with Crippen LogP contribution in [0.25, 0.3) is 36.3 Å². The Kier molecular flexibility index (Phi) is 14.4. The molecule has 0 radical (unpaired) electrons. The van der Waals surface area contributed by atoms with Crippen LogP contribution >= 0.6 is 22.7 Å². The quantitative estimate of drug-likeness (QED) is 0.0832. The largest absolute Gasteiger partial charge is 0.140 e. The zero-order valence-corrected chi connectivity index (χ0v) is 29.1. The van der Waals surface area contributed by atoms with Crippen LogP contribution < -0.4 is 0 Å². The van der Waals surface area contributed by atoms with Crippen molar-refractivity contribution in [2.24, 2.45) is 0 Å². The Labute approximate surface area is 266 Å². The molecule has 4 rings (SSSR count). The summed E-state index contributed by atoms with van der Waals surface area (Å²) in [5.74, 6) is 0. The lowest BCUT2D eigenvalue weighted by Gasteiger charge is -2.06. The van der Waals surface area contributed by atoms with E-state index in [1.54, 1.807) is 4.88 Å². The van der Waals surface area contributed by atoms with E-state index in [1.165, 1.54) is 175 Å². The molecule has 0 unspecified atom stereocenters. The van der Waals surface area contributed by atoms with Crippen molar-refractivity contribution >= 4 is 59.0 Å². The number of unbranched alkanes of at least 4 members (excludes halogenated alkanes) is 16. The Hall–Kier alpha value is -1.64. The second kappa shape index (κ2) is 18.2. The Morgan fingerprint density at radius 3 is 1.76 bits per heavy atom. The minimum atomic E-state index is 1.23. The van der Waals surface area contributed by atoms with E-state index in [-0.39, 0.29) is 0 Å². The molecule has 4 aromatic rings. The second-order valence-electron chi connectivity index (χ2n) is 13.1. The maximum atomic E-state index is 2.48. The first-order valence-electron chi connectivity index (χ1n) is 17.7. The van der Waals surface area contributed by atoms with Crippen LogP contribution in [0.4, 0.5) is 0 Å². The first-order chi connectivity index (χ1) is 20.6. The van der Waals surface area contributed by atoms with Crippen LogP contribution in [0.1, 0.15) is 159 Å². The Balaban J connectivity index is 1.31. The summed E-state index contributed by atoms with van der Waals surface area (Å²) in [6.45, 7) is 9.23. The molecule has 0 saturated heterocycles. The summed E-state index contributed by atoms with van der Waals surface area (Å²) in [6.07, 6.45) is 30.2. The van der Waals surface area contributed by atoms with Gasteiger partial charge in [0.25, 0.3) is 0 Å². The van der Waals surface area contributed by atoms with Crippen LogP contribution in [-0.4, -0.2) is 0 Å². The normalized spacial score (nSPS) is 12.4. The number of thiophene rings is 2. The van der Waals surface area contributed by atoms with Crippen LogP contribution in [0.2, 0.25) is 0 Å². The van der Waals surface area contributed by atoms with Crippen molar-refractivity contribution in [1.82, 2.24) is 0 Å². The standard InChI is InChI=1S/C40H58S2/c1-5-7-9-11-13-15-17-19-21-23-31(3)25-33-28-36-37-29-34-27-35(24-22-20-18-16-14-12-10-8-6-2)41-38(34)30-40(37)42-39(36)26-32(33)4/h25-30H,5-24H2,1-4H3/b31-25+. The second-order valence-corrected chi connectivity index (χ2v) is 15.3. The highest BCUT2D eigenvalue weighted by atomic mass is 32.1. The summed E-state index contributed by atoms with van der Waals surface area (Å²) in [7, 11) is 0. The third-order valence-electron chi connectivity index (χ3n) is 9.15. The zero-order chi connectivity index (χ0) is 29.6. The lowest BCUT2D eigenvalue weighted by Crippen LogP contribution is -1.85. The zero-order valence-electron chi connectivity index (χ0n) is 27.4. The van der Waals surface area contributed by atoms with E-state index in [1.807, 2.05) is 22.7 Å². The number of allylic oxidation sites excluding steroid dienone is 1. The highest BCUT2D eigenvalue weighted by molar-refractivity contribution is 7.26. The average molecular weight is 603 g/mol. The monoisotopic (exact) mass is 602 g/mol. The van der Waals surface area contributed by atoms with Crippen LogP contribution in [0.15, 0.2) is 35.9 Å². The summed E-state index contributed by atoms with van der Waals surface area (Å²) in [5.41, 5.74) is 4.35. The molecule has 0 atom stereocenters. The highest BCUT2D eigenvalue weighted by Crippen LogP contribution is 2.40. The van der Waals surface area contributed by atoms with Gasteiger partial charge in [0.05, 0.1) is 0 Å². The number of aryl methyl sites for hydroxylation is 2. The fraction of sp³-hybridized carbons (Fsp3) is 0.600. The maximum Gasteiger partial charge on any atom is 0.0369 e. The molecule has 0 aliphatic heterocycles. The maximum absolute atomic E-state index is 2.48. The van der Waals surface area contributed by atoms with Crippen LogP contribution in [0.3, 0.4) is 0 Å². The average Bonchev–Trinajstić information content (AvgIpc) is 3.53. The molecular formula is C40H58S2. The summed E-state index contributed by atoms with van der Waals surface area (Å²) in [4.78, 5) is 1.57. The SMILES string of the molecule is CCCCCCCCCCC/C(C)=C/c1cc2c(cc1C)sc1cc3sc(CCCCCCCCCCC)cc3cc12. The van der Waals surface area contributed by atoms with Gasteiger partial charge < -0.3 is 0 Å².